The van der Waals surface area contributed by atoms with Crippen LogP contribution in [0.2, 0.25) is 0 Å². The molecule has 1 aromatic heterocycles. The van der Waals surface area contributed by atoms with E-state index in [1.807, 2.05) is 62.4 Å². The average molecular weight is 443 g/mol. The number of amides is 1. The number of fused-ring (bicyclic) bond motifs is 1. The maximum atomic E-state index is 13.2. The number of hydrogen-bond acceptors (Lipinski definition) is 5. The Balaban J connectivity index is 1.52. The lowest BCUT2D eigenvalue weighted by Gasteiger charge is -2.34. The lowest BCUT2D eigenvalue weighted by atomic mass is 9.84. The number of aryl methyl sites for hydroxylation is 1. The molecule has 0 saturated heterocycles. The molecule has 5 rings (SSSR count). The van der Waals surface area contributed by atoms with Gasteiger partial charge in [0.15, 0.2) is 5.78 Å². The molecule has 0 unspecified atom stereocenters. The summed E-state index contributed by atoms with van der Waals surface area (Å²) in [5.41, 5.74) is 4.85. The van der Waals surface area contributed by atoms with E-state index < -0.39 is 0 Å². The summed E-state index contributed by atoms with van der Waals surface area (Å²) in [5, 5.41) is 10.9. The maximum Gasteiger partial charge on any atom is 0.261 e. The van der Waals surface area contributed by atoms with Crippen molar-refractivity contribution in [1.82, 2.24) is 9.78 Å². The van der Waals surface area contributed by atoms with E-state index in [1.54, 1.807) is 10.9 Å². The number of carbonyl (C=O) groups is 2. The van der Waals surface area contributed by atoms with Crippen molar-refractivity contribution in [1.29, 1.82) is 0 Å². The van der Waals surface area contributed by atoms with Crippen molar-refractivity contribution in [2.45, 2.75) is 39.2 Å². The summed E-state index contributed by atoms with van der Waals surface area (Å²) in [5.74, 6) is 1.24. The predicted molar refractivity (Wildman–Crippen MR) is 127 cm³/mol. The second-order valence-corrected chi connectivity index (χ2v) is 8.32. The molecule has 0 spiro atoms. The zero-order valence-corrected chi connectivity index (χ0v) is 18.7. The number of ketones is 1. The van der Waals surface area contributed by atoms with E-state index in [2.05, 4.69) is 15.7 Å². The van der Waals surface area contributed by atoms with Crippen molar-refractivity contribution in [2.75, 3.05) is 17.2 Å². The fourth-order valence-electron chi connectivity index (χ4n) is 4.61. The van der Waals surface area contributed by atoms with Gasteiger partial charge in [-0.15, -0.1) is 0 Å². The number of nitrogens with zero attached hydrogens (tertiary/aromatic N) is 2. The molecule has 2 heterocycles. The highest BCUT2D eigenvalue weighted by Crippen LogP contribution is 2.42. The molecule has 168 valence electrons. The highest BCUT2D eigenvalue weighted by Gasteiger charge is 2.38. The molecule has 0 saturated carbocycles. The topological polar surface area (TPSA) is 85.2 Å². The van der Waals surface area contributed by atoms with Crippen LogP contribution in [0.15, 0.2) is 66.0 Å². The summed E-state index contributed by atoms with van der Waals surface area (Å²) in [6.45, 7) is 4.55. The fourth-order valence-corrected chi connectivity index (χ4v) is 4.61. The normalized spacial score (nSPS) is 17.2. The van der Waals surface area contributed by atoms with Gasteiger partial charge < -0.3 is 15.4 Å². The van der Waals surface area contributed by atoms with Crippen LogP contribution >= 0.6 is 0 Å². The zero-order valence-electron chi connectivity index (χ0n) is 18.7. The molecule has 3 aromatic rings. The molecule has 0 radical (unpaired) electrons. The van der Waals surface area contributed by atoms with Gasteiger partial charge in [-0.25, -0.2) is 4.68 Å². The number of rotatable bonds is 5. The lowest BCUT2D eigenvalue weighted by Crippen LogP contribution is -2.32. The average Bonchev–Trinajstić information content (AvgIpc) is 3.24. The molecule has 2 aliphatic rings. The number of anilines is 2. The van der Waals surface area contributed by atoms with Gasteiger partial charge in [0, 0.05) is 23.4 Å². The van der Waals surface area contributed by atoms with Crippen LogP contribution in [0.5, 0.6) is 5.75 Å². The van der Waals surface area contributed by atoms with Crippen molar-refractivity contribution in [3.05, 3.63) is 82.7 Å². The van der Waals surface area contributed by atoms with E-state index in [-0.39, 0.29) is 17.7 Å². The second-order valence-electron chi connectivity index (χ2n) is 8.32. The summed E-state index contributed by atoms with van der Waals surface area (Å²) in [4.78, 5) is 26.1. The summed E-state index contributed by atoms with van der Waals surface area (Å²) in [7, 11) is 0. The number of aromatic nitrogens is 2. The van der Waals surface area contributed by atoms with Crippen LogP contribution in [0.3, 0.4) is 0 Å². The number of ether oxygens (including phenoxy) is 1. The van der Waals surface area contributed by atoms with E-state index in [9.17, 15) is 9.59 Å². The van der Waals surface area contributed by atoms with Gasteiger partial charge in [-0.2, -0.15) is 5.10 Å². The number of carbonyl (C=O) groups excluding carboxylic acids is 2. The summed E-state index contributed by atoms with van der Waals surface area (Å²) in [6, 6.07) is 14.9. The monoisotopic (exact) mass is 442 g/mol. The van der Waals surface area contributed by atoms with Gasteiger partial charge >= 0.3 is 0 Å². The van der Waals surface area contributed by atoms with Gasteiger partial charge in [0.2, 0.25) is 0 Å². The van der Waals surface area contributed by atoms with Crippen molar-refractivity contribution < 1.29 is 14.3 Å². The van der Waals surface area contributed by atoms with Crippen LogP contribution in [0.4, 0.5) is 11.5 Å². The molecule has 7 heteroatoms. The molecule has 33 heavy (non-hydrogen) atoms. The van der Waals surface area contributed by atoms with Gasteiger partial charge in [-0.1, -0.05) is 24.3 Å². The molecule has 1 amide bonds. The fraction of sp³-hybridized carbons (Fsp3) is 0.269. The van der Waals surface area contributed by atoms with E-state index in [4.69, 9.17) is 4.74 Å². The lowest BCUT2D eigenvalue weighted by molar-refractivity contribution is -0.116. The van der Waals surface area contributed by atoms with Crippen LogP contribution in [0, 0.1) is 6.92 Å². The van der Waals surface area contributed by atoms with Crippen LogP contribution in [0.1, 0.15) is 53.7 Å². The third-order valence-electron chi connectivity index (χ3n) is 6.19. The van der Waals surface area contributed by atoms with E-state index in [1.165, 1.54) is 0 Å². The van der Waals surface area contributed by atoms with Crippen LogP contribution in [-0.4, -0.2) is 28.1 Å². The van der Waals surface area contributed by atoms with Crippen molar-refractivity contribution in [2.24, 2.45) is 0 Å². The van der Waals surface area contributed by atoms with Crippen molar-refractivity contribution in [3.8, 4) is 5.75 Å². The molecule has 2 N–H and O–H groups in total. The Morgan fingerprint density at radius 1 is 1.18 bits per heavy atom. The quantitative estimate of drug-likeness (QED) is 0.589. The van der Waals surface area contributed by atoms with Gasteiger partial charge in [0.1, 0.15) is 23.2 Å². The molecular formula is C26H26N4O3. The van der Waals surface area contributed by atoms with Crippen molar-refractivity contribution >= 4 is 23.2 Å². The highest BCUT2D eigenvalue weighted by atomic mass is 16.5. The Hall–Kier alpha value is -3.87. The summed E-state index contributed by atoms with van der Waals surface area (Å²) in [6.07, 6.45) is 3.67. The minimum Gasteiger partial charge on any atom is -0.494 e. The SMILES string of the molecule is CCOc1ccc(NC(=O)c2cnn3c2NC2=C(C(=O)CCC2)[C@@H]3c2ccccc2C)cc1. The van der Waals surface area contributed by atoms with Crippen LogP contribution < -0.4 is 15.4 Å². The molecule has 7 nitrogen and oxygen atoms in total. The highest BCUT2D eigenvalue weighted by molar-refractivity contribution is 6.08. The summed E-state index contributed by atoms with van der Waals surface area (Å²) >= 11 is 0. The molecular weight excluding hydrogens is 416 g/mol. The van der Waals surface area contributed by atoms with Crippen LogP contribution in [-0.2, 0) is 4.79 Å². The number of hydrogen-bond donors (Lipinski definition) is 2. The third-order valence-corrected chi connectivity index (χ3v) is 6.19. The first-order valence-electron chi connectivity index (χ1n) is 11.3. The Morgan fingerprint density at radius 3 is 2.73 bits per heavy atom. The van der Waals surface area contributed by atoms with E-state index >= 15 is 0 Å². The first kappa shape index (κ1) is 21.0. The molecule has 1 atom stereocenters. The second kappa shape index (κ2) is 8.58. The van der Waals surface area contributed by atoms with Gasteiger partial charge in [-0.05, 0) is 62.1 Å². The Labute approximate surface area is 192 Å². The number of Topliss-reactive ketones (excluding diaryl/α,β-unsaturated/α-hetero) is 1. The van der Waals surface area contributed by atoms with Gasteiger partial charge in [0.05, 0.1) is 12.8 Å². The molecule has 1 aliphatic heterocycles. The van der Waals surface area contributed by atoms with Gasteiger partial charge in [-0.3, -0.25) is 9.59 Å². The molecule has 2 aromatic carbocycles. The van der Waals surface area contributed by atoms with Crippen LogP contribution in [0.25, 0.3) is 0 Å². The number of nitrogens with one attached hydrogen (secondary N) is 2. The minimum absolute atomic E-state index is 0.138. The Bertz CT molecular complexity index is 1260. The first-order chi connectivity index (χ1) is 16.1. The summed E-state index contributed by atoms with van der Waals surface area (Å²) < 4.78 is 7.24. The smallest absolute Gasteiger partial charge is 0.261 e. The number of allylic oxidation sites excluding steroid dienone is 2. The maximum absolute atomic E-state index is 13.2. The van der Waals surface area contributed by atoms with E-state index in [0.717, 1.165) is 41.0 Å². The zero-order chi connectivity index (χ0) is 22.9. The molecule has 0 bridgehead atoms. The van der Waals surface area contributed by atoms with Crippen molar-refractivity contribution in [3.63, 3.8) is 0 Å². The number of benzene rings is 2. The van der Waals surface area contributed by atoms with E-state index in [0.29, 0.717) is 30.1 Å². The molecule has 0 fully saturated rings. The predicted octanol–water partition coefficient (Wildman–Crippen LogP) is 4.86. The molecule has 1 aliphatic carbocycles. The first-order valence-corrected chi connectivity index (χ1v) is 11.3. The Kier molecular flexibility index (Phi) is 5.46. The Morgan fingerprint density at radius 2 is 1.97 bits per heavy atom. The largest absolute Gasteiger partial charge is 0.494 e. The van der Waals surface area contributed by atoms with Gasteiger partial charge in [0.25, 0.3) is 5.91 Å². The third kappa shape index (κ3) is 3.80. The minimum atomic E-state index is -0.350. The standard InChI is InChI=1S/C26H26N4O3/c1-3-33-18-13-11-17(12-14-18)28-26(32)20-15-27-30-24(19-8-5-4-7-16(19)2)23-21(29-25(20)30)9-6-10-22(23)31/h4-5,7-8,11-15,24,29H,3,6,9-10H2,1-2H3,(H,28,32)/t24-/m0/s1.